The smallest absolute Gasteiger partial charge is 0.229 e. The number of anilines is 3. The van der Waals surface area contributed by atoms with Gasteiger partial charge in [0.15, 0.2) is 11.6 Å². The lowest BCUT2D eigenvalue weighted by Gasteiger charge is -2.23. The van der Waals surface area contributed by atoms with Gasteiger partial charge in [0.05, 0.1) is 18.7 Å². The Morgan fingerprint density at radius 3 is 2.94 bits per heavy atom. The minimum Gasteiger partial charge on any atom is -0.481 e. The molecule has 10 nitrogen and oxygen atoms in total. The molecule has 6 rings (SSSR count). The first-order valence-corrected chi connectivity index (χ1v) is 11.7. The van der Waals surface area contributed by atoms with Gasteiger partial charge < -0.3 is 19.5 Å². The molecule has 5 heterocycles. The van der Waals surface area contributed by atoms with Gasteiger partial charge in [0.1, 0.15) is 16.7 Å². The van der Waals surface area contributed by atoms with Crippen LogP contribution in [-0.2, 0) is 0 Å². The van der Waals surface area contributed by atoms with Gasteiger partial charge in [-0.15, -0.1) is 0 Å². The number of hydrogen-bond acceptors (Lipinski definition) is 9. The van der Waals surface area contributed by atoms with Gasteiger partial charge >= 0.3 is 0 Å². The third-order valence-corrected chi connectivity index (χ3v) is 6.35. The van der Waals surface area contributed by atoms with E-state index in [2.05, 4.69) is 35.5 Å². The Kier molecular flexibility index (Phi) is 5.29. The van der Waals surface area contributed by atoms with Crippen LogP contribution in [0.25, 0.3) is 11.3 Å². The number of methoxy groups -OCH3 is 1. The molecule has 0 amide bonds. The Bertz CT molecular complexity index is 1320. The van der Waals surface area contributed by atoms with Crippen LogP contribution in [0.4, 0.5) is 17.6 Å². The molecule has 0 radical (unpaired) electrons. The molecule has 11 heteroatoms. The fraction of sp³-hybridized carbons (Fsp3) is 0.348. The summed E-state index contributed by atoms with van der Waals surface area (Å²) < 4.78 is 11.1. The molecule has 0 bridgehead atoms. The van der Waals surface area contributed by atoms with E-state index in [-0.39, 0.29) is 6.04 Å². The van der Waals surface area contributed by atoms with Crippen LogP contribution in [0, 0.1) is 0 Å². The molecule has 2 fully saturated rings. The maximum absolute atomic E-state index is 6.37. The standard InChI is InChI=1S/C23H23ClN8O2/c1-33-22-14(4-2-8-25-22)16-10-18(34-31-16)17-5-3-9-32(17)23-26-19(24)12-20(28-23)27-21-11-15(29-30-21)13-6-7-13/h2,4,8,10-13,17H,3,5-7,9H2,1H3,(H2,26,27,28,29,30). The molecule has 4 aromatic rings. The van der Waals surface area contributed by atoms with E-state index >= 15 is 0 Å². The second kappa shape index (κ2) is 8.60. The summed E-state index contributed by atoms with van der Waals surface area (Å²) in [7, 11) is 1.59. The minimum atomic E-state index is -0.0536. The Hall–Kier alpha value is -3.66. The summed E-state index contributed by atoms with van der Waals surface area (Å²) in [6, 6.07) is 9.34. The van der Waals surface area contributed by atoms with Gasteiger partial charge in [-0.25, -0.2) is 9.97 Å². The first-order chi connectivity index (χ1) is 16.7. The minimum absolute atomic E-state index is 0.0536. The van der Waals surface area contributed by atoms with Crippen LogP contribution in [0.3, 0.4) is 0 Å². The number of ether oxygens (including phenoxy) is 1. The number of aromatic nitrogens is 6. The van der Waals surface area contributed by atoms with Crippen LogP contribution in [-0.4, -0.2) is 44.0 Å². The summed E-state index contributed by atoms with van der Waals surface area (Å²) in [6.07, 6.45) is 5.96. The van der Waals surface area contributed by atoms with Crippen LogP contribution < -0.4 is 15.0 Å². The monoisotopic (exact) mass is 478 g/mol. The summed E-state index contributed by atoms with van der Waals surface area (Å²) in [5.41, 5.74) is 2.60. The van der Waals surface area contributed by atoms with Crippen LogP contribution in [0.15, 0.2) is 41.1 Å². The van der Waals surface area contributed by atoms with Crippen molar-refractivity contribution in [2.24, 2.45) is 0 Å². The van der Waals surface area contributed by atoms with Gasteiger partial charge in [-0.2, -0.15) is 10.1 Å². The second-order valence-electron chi connectivity index (χ2n) is 8.51. The molecule has 2 N–H and O–H groups in total. The van der Waals surface area contributed by atoms with Crippen molar-refractivity contribution >= 4 is 29.2 Å². The SMILES string of the molecule is COc1ncccc1-c1cc(C2CCCN2c2nc(Cl)cc(Nc3cc(C4CC4)[nH]n3)n2)on1. The summed E-state index contributed by atoms with van der Waals surface area (Å²) in [6.45, 7) is 0.783. The third-order valence-electron chi connectivity index (χ3n) is 6.16. The molecular weight excluding hydrogens is 456 g/mol. The van der Waals surface area contributed by atoms with E-state index in [9.17, 15) is 0 Å². The van der Waals surface area contributed by atoms with Gasteiger partial charge in [-0.05, 0) is 37.8 Å². The molecule has 1 saturated carbocycles. The normalized spacial score (nSPS) is 17.8. The molecule has 1 saturated heterocycles. The zero-order valence-electron chi connectivity index (χ0n) is 18.5. The van der Waals surface area contributed by atoms with Crippen molar-refractivity contribution in [3.8, 4) is 17.1 Å². The van der Waals surface area contributed by atoms with Crippen molar-refractivity contribution in [1.29, 1.82) is 0 Å². The van der Waals surface area contributed by atoms with E-state index in [4.69, 9.17) is 25.8 Å². The number of nitrogens with zero attached hydrogens (tertiary/aromatic N) is 6. The average Bonchev–Trinajstić information content (AvgIpc) is 3.23. The van der Waals surface area contributed by atoms with Crippen molar-refractivity contribution < 1.29 is 9.26 Å². The lowest BCUT2D eigenvalue weighted by Crippen LogP contribution is -2.24. The number of pyridine rings is 1. The highest BCUT2D eigenvalue weighted by Gasteiger charge is 2.32. The van der Waals surface area contributed by atoms with Gasteiger partial charge in [0, 0.05) is 42.6 Å². The van der Waals surface area contributed by atoms with E-state index in [0.29, 0.717) is 40.2 Å². The lowest BCUT2D eigenvalue weighted by atomic mass is 10.1. The predicted molar refractivity (Wildman–Crippen MR) is 126 cm³/mol. The third kappa shape index (κ3) is 4.05. The van der Waals surface area contributed by atoms with Crippen LogP contribution in [0.5, 0.6) is 5.88 Å². The second-order valence-corrected chi connectivity index (χ2v) is 8.90. The van der Waals surface area contributed by atoms with E-state index in [1.165, 1.54) is 12.8 Å². The van der Waals surface area contributed by atoms with Crippen molar-refractivity contribution in [3.63, 3.8) is 0 Å². The molecule has 1 aliphatic carbocycles. The van der Waals surface area contributed by atoms with Gasteiger partial charge in [-0.1, -0.05) is 16.8 Å². The van der Waals surface area contributed by atoms with Crippen LogP contribution in [0.2, 0.25) is 5.15 Å². The van der Waals surface area contributed by atoms with E-state index in [1.54, 1.807) is 19.4 Å². The summed E-state index contributed by atoms with van der Waals surface area (Å²) in [5.74, 6) is 3.67. The summed E-state index contributed by atoms with van der Waals surface area (Å²) in [5, 5.41) is 15.3. The van der Waals surface area contributed by atoms with Crippen LogP contribution >= 0.6 is 11.6 Å². The molecule has 0 spiro atoms. The maximum atomic E-state index is 6.37. The topological polar surface area (TPSA) is 118 Å². The largest absolute Gasteiger partial charge is 0.481 e. The maximum Gasteiger partial charge on any atom is 0.229 e. The number of nitrogens with one attached hydrogen (secondary N) is 2. The van der Waals surface area contributed by atoms with Gasteiger partial charge in [-0.3, -0.25) is 5.10 Å². The van der Waals surface area contributed by atoms with Crippen molar-refractivity contribution in [2.45, 2.75) is 37.6 Å². The molecular formula is C23H23ClN8O2. The predicted octanol–water partition coefficient (Wildman–Crippen LogP) is 4.87. The molecule has 1 unspecified atom stereocenters. The number of halogens is 1. The molecule has 34 heavy (non-hydrogen) atoms. The molecule has 1 atom stereocenters. The first kappa shape index (κ1) is 20.9. The van der Waals surface area contributed by atoms with Gasteiger partial charge in [0.25, 0.3) is 0 Å². The van der Waals surface area contributed by atoms with E-state index in [0.717, 1.165) is 36.4 Å². The highest BCUT2D eigenvalue weighted by molar-refractivity contribution is 6.29. The summed E-state index contributed by atoms with van der Waals surface area (Å²) in [4.78, 5) is 15.6. The highest BCUT2D eigenvalue weighted by Crippen LogP contribution is 2.40. The Labute approximate surface area is 200 Å². The fourth-order valence-corrected chi connectivity index (χ4v) is 4.54. The quantitative estimate of drug-likeness (QED) is 0.358. The lowest BCUT2D eigenvalue weighted by molar-refractivity contribution is 0.361. The van der Waals surface area contributed by atoms with E-state index < -0.39 is 0 Å². The van der Waals surface area contributed by atoms with E-state index in [1.807, 2.05) is 24.3 Å². The Balaban J connectivity index is 1.25. The number of rotatable bonds is 7. The molecule has 0 aromatic carbocycles. The molecule has 1 aliphatic heterocycles. The highest BCUT2D eigenvalue weighted by atomic mass is 35.5. The number of H-pyrrole nitrogens is 1. The zero-order valence-corrected chi connectivity index (χ0v) is 19.3. The fourth-order valence-electron chi connectivity index (χ4n) is 4.36. The first-order valence-electron chi connectivity index (χ1n) is 11.3. The molecule has 4 aromatic heterocycles. The van der Waals surface area contributed by atoms with Crippen LogP contribution in [0.1, 0.15) is 49.1 Å². The average molecular weight is 479 g/mol. The molecule has 2 aliphatic rings. The number of hydrogen-bond donors (Lipinski definition) is 2. The van der Waals surface area contributed by atoms with Crippen molar-refractivity contribution in [3.05, 3.63) is 53.1 Å². The van der Waals surface area contributed by atoms with Crippen molar-refractivity contribution in [1.82, 2.24) is 30.3 Å². The summed E-state index contributed by atoms with van der Waals surface area (Å²) >= 11 is 6.37. The Morgan fingerprint density at radius 2 is 2.09 bits per heavy atom. The van der Waals surface area contributed by atoms with Crippen molar-refractivity contribution in [2.75, 3.05) is 23.9 Å². The number of aromatic amines is 1. The molecule has 174 valence electrons. The van der Waals surface area contributed by atoms with Gasteiger partial charge in [0.2, 0.25) is 11.8 Å². The Morgan fingerprint density at radius 1 is 1.18 bits per heavy atom. The zero-order chi connectivity index (χ0) is 23.1.